The summed E-state index contributed by atoms with van der Waals surface area (Å²) >= 11 is 1.95. The summed E-state index contributed by atoms with van der Waals surface area (Å²) in [5, 5.41) is 3.99. The Balaban J connectivity index is 2.22. The van der Waals surface area contributed by atoms with E-state index < -0.39 is 0 Å². The van der Waals surface area contributed by atoms with Crippen LogP contribution >= 0.6 is 11.8 Å². The Morgan fingerprint density at radius 1 is 1.62 bits per heavy atom. The predicted molar refractivity (Wildman–Crippen MR) is 54.6 cm³/mol. The van der Waals surface area contributed by atoms with Gasteiger partial charge in [0.2, 0.25) is 5.88 Å². The number of anilines is 1. The zero-order valence-electron chi connectivity index (χ0n) is 7.75. The van der Waals surface area contributed by atoms with Gasteiger partial charge in [-0.05, 0) is 25.5 Å². The molecule has 1 aliphatic heterocycles. The third kappa shape index (κ3) is 1.68. The smallest absolute Gasteiger partial charge is 0.222 e. The molecule has 3 nitrogen and oxygen atoms in total. The minimum atomic E-state index is 0.124. The summed E-state index contributed by atoms with van der Waals surface area (Å²) in [4.78, 5) is 0. The zero-order chi connectivity index (χ0) is 9.31. The molecule has 0 aliphatic carbocycles. The minimum absolute atomic E-state index is 0.124. The lowest BCUT2D eigenvalue weighted by atomic mass is 9.99. The van der Waals surface area contributed by atoms with Crippen LogP contribution in [0.1, 0.15) is 31.9 Å². The van der Waals surface area contributed by atoms with Crippen molar-refractivity contribution < 1.29 is 4.52 Å². The number of thioether (sulfide) groups is 1. The topological polar surface area (TPSA) is 52.0 Å². The number of nitrogens with zero attached hydrogens (tertiary/aromatic N) is 1. The SMILES string of the molecule is CC1(c2cc(N)on2)CCCCS1. The van der Waals surface area contributed by atoms with Gasteiger partial charge in [0.15, 0.2) is 0 Å². The summed E-state index contributed by atoms with van der Waals surface area (Å²) in [7, 11) is 0. The number of nitrogen functional groups attached to an aromatic ring is 1. The van der Waals surface area contributed by atoms with Gasteiger partial charge in [0.1, 0.15) is 5.69 Å². The summed E-state index contributed by atoms with van der Waals surface area (Å²) < 4.78 is 5.02. The van der Waals surface area contributed by atoms with Crippen LogP contribution in [0, 0.1) is 0 Å². The van der Waals surface area contributed by atoms with Crippen LogP contribution in [0.5, 0.6) is 0 Å². The molecule has 0 saturated carbocycles. The van der Waals surface area contributed by atoms with E-state index in [4.69, 9.17) is 10.3 Å². The van der Waals surface area contributed by atoms with E-state index in [1.165, 1.54) is 25.0 Å². The Hall–Kier alpha value is -0.640. The summed E-state index contributed by atoms with van der Waals surface area (Å²) in [5.41, 5.74) is 6.50. The molecule has 1 aromatic heterocycles. The van der Waals surface area contributed by atoms with E-state index in [-0.39, 0.29) is 4.75 Å². The minimum Gasteiger partial charge on any atom is -0.368 e. The largest absolute Gasteiger partial charge is 0.368 e. The van der Waals surface area contributed by atoms with E-state index in [1.807, 2.05) is 17.8 Å². The van der Waals surface area contributed by atoms with Gasteiger partial charge in [-0.3, -0.25) is 0 Å². The molecule has 0 amide bonds. The van der Waals surface area contributed by atoms with E-state index in [9.17, 15) is 0 Å². The highest BCUT2D eigenvalue weighted by atomic mass is 32.2. The van der Waals surface area contributed by atoms with Crippen LogP contribution < -0.4 is 5.73 Å². The van der Waals surface area contributed by atoms with Crippen LogP contribution in [0.25, 0.3) is 0 Å². The molecule has 1 saturated heterocycles. The fourth-order valence-electron chi connectivity index (χ4n) is 1.67. The van der Waals surface area contributed by atoms with Crippen molar-refractivity contribution in [1.82, 2.24) is 5.16 Å². The van der Waals surface area contributed by atoms with E-state index in [2.05, 4.69) is 12.1 Å². The van der Waals surface area contributed by atoms with Crippen LogP contribution in [-0.4, -0.2) is 10.9 Å². The molecule has 0 radical (unpaired) electrons. The summed E-state index contributed by atoms with van der Waals surface area (Å²) in [6.07, 6.45) is 3.76. The lowest BCUT2D eigenvalue weighted by Gasteiger charge is -2.30. The molecule has 0 bridgehead atoms. The van der Waals surface area contributed by atoms with E-state index >= 15 is 0 Å². The van der Waals surface area contributed by atoms with Crippen molar-refractivity contribution in [2.24, 2.45) is 0 Å². The van der Waals surface area contributed by atoms with Gasteiger partial charge in [-0.1, -0.05) is 11.6 Å². The van der Waals surface area contributed by atoms with E-state index in [0.29, 0.717) is 5.88 Å². The highest BCUT2D eigenvalue weighted by Crippen LogP contribution is 2.44. The zero-order valence-corrected chi connectivity index (χ0v) is 8.56. The average Bonchev–Trinajstić information content (AvgIpc) is 2.54. The van der Waals surface area contributed by atoms with Crippen LogP contribution in [-0.2, 0) is 4.75 Å². The molecular weight excluding hydrogens is 184 g/mol. The van der Waals surface area contributed by atoms with Gasteiger partial charge < -0.3 is 10.3 Å². The Labute approximate surface area is 82.0 Å². The normalized spacial score (nSPS) is 29.0. The van der Waals surface area contributed by atoms with Crippen LogP contribution in [0.4, 0.5) is 5.88 Å². The first-order chi connectivity index (χ1) is 6.21. The quantitative estimate of drug-likeness (QED) is 0.752. The third-order valence-corrected chi connectivity index (χ3v) is 4.08. The molecule has 2 N–H and O–H groups in total. The number of nitrogens with two attached hydrogens (primary N) is 1. The van der Waals surface area contributed by atoms with Gasteiger partial charge in [0, 0.05) is 6.07 Å². The molecule has 1 fully saturated rings. The van der Waals surface area contributed by atoms with E-state index in [0.717, 1.165) is 5.69 Å². The van der Waals surface area contributed by atoms with Crippen LogP contribution in [0.3, 0.4) is 0 Å². The molecule has 13 heavy (non-hydrogen) atoms. The Morgan fingerprint density at radius 2 is 2.46 bits per heavy atom. The number of hydrogen-bond acceptors (Lipinski definition) is 4. The molecule has 2 rings (SSSR count). The first-order valence-electron chi connectivity index (χ1n) is 4.57. The van der Waals surface area contributed by atoms with Gasteiger partial charge >= 0.3 is 0 Å². The second-order valence-corrected chi connectivity index (χ2v) is 5.25. The molecule has 1 aliphatic rings. The first-order valence-corrected chi connectivity index (χ1v) is 5.56. The Morgan fingerprint density at radius 3 is 3.00 bits per heavy atom. The van der Waals surface area contributed by atoms with Gasteiger partial charge in [-0.2, -0.15) is 0 Å². The summed E-state index contributed by atoms with van der Waals surface area (Å²) in [5.74, 6) is 1.63. The van der Waals surface area contributed by atoms with Crippen molar-refractivity contribution in [1.29, 1.82) is 0 Å². The fourth-order valence-corrected chi connectivity index (χ4v) is 3.01. The van der Waals surface area contributed by atoms with Gasteiger partial charge in [0.05, 0.1) is 4.75 Å². The van der Waals surface area contributed by atoms with Crippen molar-refractivity contribution in [2.75, 3.05) is 11.5 Å². The fraction of sp³-hybridized carbons (Fsp3) is 0.667. The predicted octanol–water partition coefficient (Wildman–Crippen LogP) is 2.39. The summed E-state index contributed by atoms with van der Waals surface area (Å²) in [6, 6.07) is 1.85. The Kier molecular flexibility index (Phi) is 2.24. The van der Waals surface area contributed by atoms with Gasteiger partial charge in [-0.25, -0.2) is 0 Å². The van der Waals surface area contributed by atoms with Crippen molar-refractivity contribution in [3.8, 4) is 0 Å². The van der Waals surface area contributed by atoms with Crippen LogP contribution in [0.2, 0.25) is 0 Å². The third-order valence-electron chi connectivity index (χ3n) is 2.54. The number of rotatable bonds is 1. The van der Waals surface area contributed by atoms with Gasteiger partial charge in [-0.15, -0.1) is 11.8 Å². The molecule has 72 valence electrons. The second kappa shape index (κ2) is 3.25. The van der Waals surface area contributed by atoms with Crippen molar-refractivity contribution in [2.45, 2.75) is 30.9 Å². The van der Waals surface area contributed by atoms with Gasteiger partial charge in [0.25, 0.3) is 0 Å². The van der Waals surface area contributed by atoms with E-state index in [1.54, 1.807) is 0 Å². The monoisotopic (exact) mass is 198 g/mol. The van der Waals surface area contributed by atoms with Crippen molar-refractivity contribution in [3.63, 3.8) is 0 Å². The lowest BCUT2D eigenvalue weighted by molar-refractivity contribution is 0.410. The lowest BCUT2D eigenvalue weighted by Crippen LogP contribution is -2.21. The highest BCUT2D eigenvalue weighted by molar-refractivity contribution is 8.00. The molecular formula is C9H14N2OS. The second-order valence-electron chi connectivity index (χ2n) is 3.65. The first kappa shape index (κ1) is 8.94. The molecule has 1 aromatic rings. The molecule has 1 atom stereocenters. The number of hydrogen-bond donors (Lipinski definition) is 1. The Bertz CT molecular complexity index is 292. The molecule has 0 aromatic carbocycles. The molecule has 4 heteroatoms. The molecule has 2 heterocycles. The highest BCUT2D eigenvalue weighted by Gasteiger charge is 2.32. The molecule has 0 spiro atoms. The molecule has 1 unspecified atom stereocenters. The maximum absolute atomic E-state index is 5.51. The number of aromatic nitrogens is 1. The average molecular weight is 198 g/mol. The van der Waals surface area contributed by atoms with Crippen LogP contribution in [0.15, 0.2) is 10.6 Å². The standard InChI is InChI=1S/C9H14N2OS/c1-9(4-2-3-5-13-9)7-6-8(10)12-11-7/h6H,2-5,10H2,1H3. The van der Waals surface area contributed by atoms with Crippen molar-refractivity contribution >= 4 is 17.6 Å². The maximum Gasteiger partial charge on any atom is 0.222 e. The summed E-state index contributed by atoms with van der Waals surface area (Å²) in [6.45, 7) is 2.22. The maximum atomic E-state index is 5.51. The van der Waals surface area contributed by atoms with Crippen molar-refractivity contribution in [3.05, 3.63) is 11.8 Å².